The third-order valence-electron chi connectivity index (χ3n) is 3.31. The van der Waals surface area contributed by atoms with Gasteiger partial charge in [-0.05, 0) is 35.7 Å². The smallest absolute Gasteiger partial charge is 0.137 e. The van der Waals surface area contributed by atoms with Gasteiger partial charge in [-0.25, -0.2) is 0 Å². The van der Waals surface area contributed by atoms with E-state index in [9.17, 15) is 0 Å². The van der Waals surface area contributed by atoms with E-state index in [0.29, 0.717) is 6.61 Å². The van der Waals surface area contributed by atoms with Crippen molar-refractivity contribution in [3.8, 4) is 5.75 Å². The lowest BCUT2D eigenvalue weighted by Gasteiger charge is -2.17. The molecule has 0 bridgehead atoms. The third kappa shape index (κ3) is 3.95. The average Bonchev–Trinajstić information content (AvgIpc) is 2.52. The molecule has 0 fully saturated rings. The second kappa shape index (κ2) is 7.09. The van der Waals surface area contributed by atoms with Crippen molar-refractivity contribution < 1.29 is 4.74 Å². The van der Waals surface area contributed by atoms with Crippen molar-refractivity contribution in [3.63, 3.8) is 0 Å². The Morgan fingerprint density at radius 3 is 2.71 bits per heavy atom. The Hall–Kier alpha value is -2.07. The Morgan fingerprint density at radius 2 is 2.00 bits per heavy atom. The van der Waals surface area contributed by atoms with Crippen LogP contribution in [0.15, 0.2) is 42.7 Å². The Kier molecular flexibility index (Phi) is 5.17. The summed E-state index contributed by atoms with van der Waals surface area (Å²) in [7, 11) is 4.04. The molecule has 2 aromatic rings. The number of nitrogens with zero attached hydrogens (tertiary/aromatic N) is 2. The lowest BCUT2D eigenvalue weighted by Crippen LogP contribution is -2.14. The quantitative estimate of drug-likeness (QED) is 0.886. The van der Waals surface area contributed by atoms with E-state index in [-0.39, 0.29) is 6.04 Å². The van der Waals surface area contributed by atoms with Gasteiger partial charge in [0, 0.05) is 26.0 Å². The van der Waals surface area contributed by atoms with E-state index in [1.54, 1.807) is 12.4 Å². The minimum atomic E-state index is -0.206. The van der Waals surface area contributed by atoms with Crippen molar-refractivity contribution in [2.45, 2.75) is 19.4 Å². The first-order valence-corrected chi connectivity index (χ1v) is 7.22. The fourth-order valence-corrected chi connectivity index (χ4v) is 2.09. The van der Waals surface area contributed by atoms with Crippen LogP contribution < -0.4 is 15.4 Å². The van der Waals surface area contributed by atoms with E-state index in [2.05, 4.69) is 28.9 Å². The summed E-state index contributed by atoms with van der Waals surface area (Å²) >= 11 is 0. The first kappa shape index (κ1) is 15.3. The van der Waals surface area contributed by atoms with Gasteiger partial charge in [0.25, 0.3) is 0 Å². The predicted octanol–water partition coefficient (Wildman–Crippen LogP) is 2.98. The third-order valence-corrected chi connectivity index (χ3v) is 3.31. The molecule has 0 aliphatic carbocycles. The van der Waals surface area contributed by atoms with Crippen molar-refractivity contribution in [3.05, 3.63) is 53.9 Å². The summed E-state index contributed by atoms with van der Waals surface area (Å²) in [6.45, 7) is 2.77. The van der Waals surface area contributed by atoms with Crippen molar-refractivity contribution in [1.82, 2.24) is 4.98 Å². The molecule has 0 radical (unpaired) electrons. The van der Waals surface area contributed by atoms with E-state index in [1.165, 1.54) is 0 Å². The lowest BCUT2D eigenvalue weighted by molar-refractivity contribution is 0.315. The number of ether oxygens (including phenoxy) is 1. The molecule has 4 heteroatoms. The van der Waals surface area contributed by atoms with Gasteiger partial charge >= 0.3 is 0 Å². The molecular formula is C17H23N3O. The summed E-state index contributed by atoms with van der Waals surface area (Å²) in [6.07, 6.45) is 4.50. The number of nitrogens with two attached hydrogens (primary N) is 1. The van der Waals surface area contributed by atoms with Crippen molar-refractivity contribution in [1.29, 1.82) is 0 Å². The summed E-state index contributed by atoms with van der Waals surface area (Å²) in [5.74, 6) is 0.772. The van der Waals surface area contributed by atoms with Gasteiger partial charge in [-0.3, -0.25) is 4.98 Å². The Balaban J connectivity index is 2.23. The van der Waals surface area contributed by atoms with Gasteiger partial charge < -0.3 is 15.4 Å². The highest BCUT2D eigenvalue weighted by molar-refractivity contribution is 5.49. The van der Waals surface area contributed by atoms with Crippen LogP contribution >= 0.6 is 0 Å². The van der Waals surface area contributed by atoms with Gasteiger partial charge in [0.1, 0.15) is 5.75 Å². The van der Waals surface area contributed by atoms with Crippen molar-refractivity contribution in [2.24, 2.45) is 5.73 Å². The zero-order chi connectivity index (χ0) is 15.2. The lowest BCUT2D eigenvalue weighted by atomic mass is 10.0. The molecule has 4 nitrogen and oxygen atoms in total. The Labute approximate surface area is 126 Å². The van der Waals surface area contributed by atoms with Gasteiger partial charge in [0.15, 0.2) is 0 Å². The summed E-state index contributed by atoms with van der Waals surface area (Å²) in [5.41, 5.74) is 9.53. The number of rotatable bonds is 6. The molecule has 2 rings (SSSR count). The number of hydrogen-bond donors (Lipinski definition) is 1. The van der Waals surface area contributed by atoms with Gasteiger partial charge in [-0.1, -0.05) is 19.1 Å². The maximum Gasteiger partial charge on any atom is 0.137 e. The molecular weight excluding hydrogens is 262 g/mol. The van der Waals surface area contributed by atoms with Crippen molar-refractivity contribution >= 4 is 5.69 Å². The molecule has 1 aromatic heterocycles. The fraction of sp³-hybridized carbons (Fsp3) is 0.353. The van der Waals surface area contributed by atoms with Gasteiger partial charge in [-0.2, -0.15) is 0 Å². The standard InChI is InChI=1S/C17H23N3O/c1-4-8-21-16-10-14(11-19-12-16)17(18)13-6-5-7-15(9-13)20(2)3/h5-7,9-12,17H,4,8,18H2,1-3H3. The topological polar surface area (TPSA) is 51.4 Å². The molecule has 112 valence electrons. The fourth-order valence-electron chi connectivity index (χ4n) is 2.09. The van der Waals surface area contributed by atoms with Crippen LogP contribution in [0.4, 0.5) is 5.69 Å². The predicted molar refractivity (Wildman–Crippen MR) is 86.8 cm³/mol. The van der Waals surface area contributed by atoms with E-state index < -0.39 is 0 Å². The van der Waals surface area contributed by atoms with Crippen LogP contribution in [0.25, 0.3) is 0 Å². The van der Waals surface area contributed by atoms with Crippen LogP contribution in [-0.4, -0.2) is 25.7 Å². The summed E-state index contributed by atoms with van der Waals surface area (Å²) in [6, 6.07) is 9.99. The number of hydrogen-bond acceptors (Lipinski definition) is 4. The average molecular weight is 285 g/mol. The van der Waals surface area contributed by atoms with E-state index in [4.69, 9.17) is 10.5 Å². The SMILES string of the molecule is CCCOc1cncc(C(N)c2cccc(N(C)C)c2)c1. The molecule has 0 saturated heterocycles. The molecule has 0 spiro atoms. The van der Waals surface area contributed by atoms with Crippen LogP contribution in [0.1, 0.15) is 30.5 Å². The maximum absolute atomic E-state index is 6.37. The normalized spacial score (nSPS) is 12.0. The zero-order valence-electron chi connectivity index (χ0n) is 12.9. The van der Waals surface area contributed by atoms with Crippen molar-refractivity contribution in [2.75, 3.05) is 25.6 Å². The van der Waals surface area contributed by atoms with Gasteiger partial charge in [0.2, 0.25) is 0 Å². The highest BCUT2D eigenvalue weighted by Crippen LogP contribution is 2.25. The second-order valence-corrected chi connectivity index (χ2v) is 5.27. The molecule has 1 unspecified atom stereocenters. The van der Waals surface area contributed by atoms with Gasteiger partial charge in [-0.15, -0.1) is 0 Å². The number of benzene rings is 1. The minimum absolute atomic E-state index is 0.206. The molecule has 0 saturated carbocycles. The second-order valence-electron chi connectivity index (χ2n) is 5.27. The van der Waals surface area contributed by atoms with E-state index in [1.807, 2.05) is 32.3 Å². The molecule has 21 heavy (non-hydrogen) atoms. The highest BCUT2D eigenvalue weighted by atomic mass is 16.5. The van der Waals surface area contributed by atoms with E-state index in [0.717, 1.165) is 29.0 Å². The summed E-state index contributed by atoms with van der Waals surface area (Å²) in [4.78, 5) is 6.29. The first-order chi connectivity index (χ1) is 10.1. The Morgan fingerprint density at radius 1 is 1.19 bits per heavy atom. The van der Waals surface area contributed by atoms with Crippen LogP contribution in [0.2, 0.25) is 0 Å². The minimum Gasteiger partial charge on any atom is -0.492 e. The molecule has 0 amide bonds. The van der Waals surface area contributed by atoms with Crippen LogP contribution in [0.3, 0.4) is 0 Å². The summed E-state index contributed by atoms with van der Waals surface area (Å²) < 4.78 is 5.62. The molecule has 1 aromatic carbocycles. The zero-order valence-corrected chi connectivity index (χ0v) is 12.9. The van der Waals surface area contributed by atoms with Gasteiger partial charge in [0.05, 0.1) is 18.8 Å². The molecule has 1 atom stereocenters. The van der Waals surface area contributed by atoms with Crippen LogP contribution in [0.5, 0.6) is 5.75 Å². The number of pyridine rings is 1. The monoisotopic (exact) mass is 285 g/mol. The number of anilines is 1. The first-order valence-electron chi connectivity index (χ1n) is 7.22. The maximum atomic E-state index is 6.37. The Bertz CT molecular complexity index is 584. The number of aromatic nitrogens is 1. The highest BCUT2D eigenvalue weighted by Gasteiger charge is 2.11. The largest absolute Gasteiger partial charge is 0.492 e. The molecule has 0 aliphatic rings. The van der Waals surface area contributed by atoms with E-state index >= 15 is 0 Å². The molecule has 2 N–H and O–H groups in total. The molecule has 0 aliphatic heterocycles. The van der Waals surface area contributed by atoms with Crippen LogP contribution in [-0.2, 0) is 0 Å². The summed E-state index contributed by atoms with van der Waals surface area (Å²) in [5, 5.41) is 0. The van der Waals surface area contributed by atoms with Crippen LogP contribution in [0, 0.1) is 0 Å². The molecule has 1 heterocycles.